The summed E-state index contributed by atoms with van der Waals surface area (Å²) >= 11 is 0. The number of aromatic nitrogens is 1. The molecule has 0 saturated carbocycles. The highest BCUT2D eigenvalue weighted by Gasteiger charge is 2.35. The van der Waals surface area contributed by atoms with E-state index < -0.39 is 32.2 Å². The number of para-hydroxylation sites is 1. The second-order valence-electron chi connectivity index (χ2n) is 5.93. The Labute approximate surface area is 149 Å². The molecule has 138 valence electrons. The van der Waals surface area contributed by atoms with Gasteiger partial charge in [0.25, 0.3) is 0 Å². The van der Waals surface area contributed by atoms with Crippen LogP contribution in [0.15, 0.2) is 52.3 Å². The second-order valence-corrected chi connectivity index (χ2v) is 7.81. The van der Waals surface area contributed by atoms with Crippen molar-refractivity contribution in [1.29, 1.82) is 0 Å². The molecule has 0 saturated heterocycles. The summed E-state index contributed by atoms with van der Waals surface area (Å²) in [6.07, 6.45) is -4.73. The van der Waals surface area contributed by atoms with E-state index >= 15 is 0 Å². The smallest absolute Gasteiger partial charge is 0.398 e. The van der Waals surface area contributed by atoms with Crippen molar-refractivity contribution in [2.24, 2.45) is 0 Å². The highest BCUT2D eigenvalue weighted by Crippen LogP contribution is 2.38. The highest BCUT2D eigenvalue weighted by molar-refractivity contribution is 7.91. The third-order valence-electron chi connectivity index (χ3n) is 4.40. The SMILES string of the molecule is CCn1c(C)c(S(=O)(=O)c2ccc(N)c(C(F)(F)F)c2)c2ccccc21. The molecular weight excluding hydrogens is 365 g/mol. The van der Waals surface area contributed by atoms with Crippen molar-refractivity contribution in [2.45, 2.75) is 36.4 Å². The van der Waals surface area contributed by atoms with E-state index in [1.807, 2.05) is 11.5 Å². The van der Waals surface area contributed by atoms with E-state index in [1.54, 1.807) is 31.2 Å². The predicted octanol–water partition coefficient (Wildman–Crippen LogP) is 4.40. The fraction of sp³-hybridized carbons (Fsp3) is 0.222. The number of hydrogen-bond donors (Lipinski definition) is 1. The number of nitrogen functional groups attached to an aromatic ring is 1. The number of halogens is 3. The highest BCUT2D eigenvalue weighted by atomic mass is 32.2. The molecule has 0 bridgehead atoms. The van der Waals surface area contributed by atoms with Crippen molar-refractivity contribution in [1.82, 2.24) is 4.57 Å². The number of nitrogens with zero attached hydrogens (tertiary/aromatic N) is 1. The first-order chi connectivity index (χ1) is 12.1. The Morgan fingerprint density at radius 3 is 2.38 bits per heavy atom. The molecule has 0 aliphatic carbocycles. The number of anilines is 1. The van der Waals surface area contributed by atoms with E-state index in [-0.39, 0.29) is 4.90 Å². The minimum absolute atomic E-state index is 0.0212. The minimum atomic E-state index is -4.73. The maximum atomic E-state index is 13.2. The quantitative estimate of drug-likeness (QED) is 0.683. The first-order valence-corrected chi connectivity index (χ1v) is 9.37. The van der Waals surface area contributed by atoms with Crippen LogP contribution in [0.4, 0.5) is 18.9 Å². The minimum Gasteiger partial charge on any atom is -0.398 e. The number of nitrogens with two attached hydrogens (primary N) is 1. The van der Waals surface area contributed by atoms with Gasteiger partial charge in [0, 0.05) is 28.8 Å². The average molecular weight is 382 g/mol. The van der Waals surface area contributed by atoms with Crippen LogP contribution in [-0.2, 0) is 22.6 Å². The average Bonchev–Trinajstić information content (AvgIpc) is 2.85. The number of rotatable bonds is 3. The fourth-order valence-corrected chi connectivity index (χ4v) is 4.93. The van der Waals surface area contributed by atoms with Gasteiger partial charge >= 0.3 is 6.18 Å². The Bertz CT molecular complexity index is 1100. The van der Waals surface area contributed by atoms with E-state index in [1.165, 1.54) is 0 Å². The van der Waals surface area contributed by atoms with E-state index in [9.17, 15) is 21.6 Å². The van der Waals surface area contributed by atoms with Gasteiger partial charge in [-0.25, -0.2) is 8.42 Å². The van der Waals surface area contributed by atoms with Crippen LogP contribution in [0.25, 0.3) is 10.9 Å². The molecule has 2 aromatic carbocycles. The molecule has 0 amide bonds. The molecular formula is C18H17F3N2O2S. The molecule has 1 heterocycles. The summed E-state index contributed by atoms with van der Waals surface area (Å²) in [5.41, 5.74) is 4.92. The topological polar surface area (TPSA) is 65.1 Å². The van der Waals surface area contributed by atoms with Crippen molar-refractivity contribution in [3.63, 3.8) is 0 Å². The van der Waals surface area contributed by atoms with Crippen molar-refractivity contribution in [3.8, 4) is 0 Å². The zero-order chi connectivity index (χ0) is 19.3. The number of hydrogen-bond acceptors (Lipinski definition) is 3. The maximum Gasteiger partial charge on any atom is 0.418 e. The molecule has 0 aliphatic rings. The molecule has 2 N–H and O–H groups in total. The Balaban J connectivity index is 2.32. The van der Waals surface area contributed by atoms with Gasteiger partial charge in [0.1, 0.15) is 4.90 Å². The molecule has 3 aromatic rings. The van der Waals surface area contributed by atoms with Crippen LogP contribution in [0, 0.1) is 6.92 Å². The summed E-state index contributed by atoms with van der Waals surface area (Å²) in [7, 11) is -4.16. The van der Waals surface area contributed by atoms with Gasteiger partial charge in [-0.05, 0) is 38.1 Å². The Morgan fingerprint density at radius 2 is 1.77 bits per heavy atom. The summed E-state index contributed by atoms with van der Waals surface area (Å²) in [4.78, 5) is -0.408. The lowest BCUT2D eigenvalue weighted by Crippen LogP contribution is -2.12. The summed E-state index contributed by atoms with van der Waals surface area (Å²) in [6.45, 7) is 4.07. The van der Waals surface area contributed by atoms with Gasteiger partial charge in [-0.3, -0.25) is 0 Å². The maximum absolute atomic E-state index is 13.2. The lowest BCUT2D eigenvalue weighted by atomic mass is 10.2. The van der Waals surface area contributed by atoms with E-state index in [0.717, 1.165) is 17.6 Å². The molecule has 1 aromatic heterocycles. The molecule has 8 heteroatoms. The van der Waals surface area contributed by atoms with Crippen LogP contribution in [-0.4, -0.2) is 13.0 Å². The Kier molecular flexibility index (Phi) is 4.26. The molecule has 4 nitrogen and oxygen atoms in total. The van der Waals surface area contributed by atoms with Gasteiger partial charge < -0.3 is 10.3 Å². The first kappa shape index (κ1) is 18.3. The van der Waals surface area contributed by atoms with E-state index in [4.69, 9.17) is 5.73 Å². The Morgan fingerprint density at radius 1 is 1.12 bits per heavy atom. The lowest BCUT2D eigenvalue weighted by Gasteiger charge is -2.12. The molecule has 0 atom stereocenters. The zero-order valence-electron chi connectivity index (χ0n) is 14.1. The van der Waals surface area contributed by atoms with Crippen LogP contribution in [0.2, 0.25) is 0 Å². The normalized spacial score (nSPS) is 12.7. The Hall–Kier alpha value is -2.48. The zero-order valence-corrected chi connectivity index (χ0v) is 14.9. The molecule has 26 heavy (non-hydrogen) atoms. The largest absolute Gasteiger partial charge is 0.418 e. The number of benzene rings is 2. The van der Waals surface area contributed by atoms with Crippen LogP contribution in [0.3, 0.4) is 0 Å². The summed E-state index contributed by atoms with van der Waals surface area (Å²) in [5.74, 6) is 0. The van der Waals surface area contributed by atoms with Gasteiger partial charge in [0.15, 0.2) is 0 Å². The van der Waals surface area contributed by atoms with Gasteiger partial charge in [-0.1, -0.05) is 18.2 Å². The van der Waals surface area contributed by atoms with Crippen molar-refractivity contribution >= 4 is 26.4 Å². The lowest BCUT2D eigenvalue weighted by molar-refractivity contribution is -0.137. The monoisotopic (exact) mass is 382 g/mol. The third-order valence-corrected chi connectivity index (χ3v) is 6.33. The van der Waals surface area contributed by atoms with Gasteiger partial charge in [-0.2, -0.15) is 13.2 Å². The van der Waals surface area contributed by atoms with Crippen LogP contribution >= 0.6 is 0 Å². The molecule has 0 fully saturated rings. The third kappa shape index (κ3) is 2.74. The van der Waals surface area contributed by atoms with Crippen LogP contribution in [0.5, 0.6) is 0 Å². The fourth-order valence-electron chi connectivity index (χ4n) is 3.21. The van der Waals surface area contributed by atoms with Crippen molar-refractivity contribution in [2.75, 3.05) is 5.73 Å². The predicted molar refractivity (Wildman–Crippen MR) is 93.7 cm³/mol. The van der Waals surface area contributed by atoms with Gasteiger partial charge in [0.2, 0.25) is 9.84 Å². The number of alkyl halides is 3. The van der Waals surface area contributed by atoms with Gasteiger partial charge in [-0.15, -0.1) is 0 Å². The van der Waals surface area contributed by atoms with Crippen LogP contribution in [0.1, 0.15) is 18.2 Å². The van der Waals surface area contributed by atoms with Crippen LogP contribution < -0.4 is 5.73 Å². The number of fused-ring (bicyclic) bond motifs is 1. The number of sulfone groups is 1. The molecule has 0 unspecified atom stereocenters. The second kappa shape index (κ2) is 6.05. The van der Waals surface area contributed by atoms with Crippen molar-refractivity contribution < 1.29 is 21.6 Å². The van der Waals surface area contributed by atoms with Crippen molar-refractivity contribution in [3.05, 3.63) is 53.7 Å². The molecule has 3 rings (SSSR count). The molecule has 0 spiro atoms. The summed E-state index contributed by atoms with van der Waals surface area (Å²) in [6, 6.07) is 9.61. The van der Waals surface area contributed by atoms with E-state index in [2.05, 4.69) is 0 Å². The summed E-state index contributed by atoms with van der Waals surface area (Å²) < 4.78 is 67.6. The standard InChI is InChI=1S/C18H17F3N2O2S/c1-3-23-11(2)17(13-6-4-5-7-16(13)23)26(24,25)12-8-9-15(22)14(10-12)18(19,20)21/h4-10H,3,22H2,1-2H3. The van der Waals surface area contributed by atoms with E-state index in [0.29, 0.717) is 23.7 Å². The summed E-state index contributed by atoms with van der Waals surface area (Å²) in [5, 5.41) is 0.484. The van der Waals surface area contributed by atoms with Gasteiger partial charge in [0.05, 0.1) is 10.5 Å². The molecule has 0 radical (unpaired) electrons. The molecule has 0 aliphatic heterocycles. The first-order valence-electron chi connectivity index (χ1n) is 7.88. The number of aryl methyl sites for hydroxylation is 1.